The van der Waals surface area contributed by atoms with Crippen LogP contribution in [0.25, 0.3) is 0 Å². The van der Waals surface area contributed by atoms with Gasteiger partial charge in [0.05, 0.1) is 5.02 Å². The van der Waals surface area contributed by atoms with Crippen LogP contribution in [0.2, 0.25) is 5.02 Å². The summed E-state index contributed by atoms with van der Waals surface area (Å²) >= 11 is 6.27. The van der Waals surface area contributed by atoms with Crippen molar-refractivity contribution in [3.63, 3.8) is 0 Å². The van der Waals surface area contributed by atoms with Crippen molar-refractivity contribution in [2.45, 2.75) is 51.2 Å². The Hall–Kier alpha value is -1.82. The van der Waals surface area contributed by atoms with Crippen LogP contribution in [0.3, 0.4) is 0 Å². The number of hydrogen-bond donors (Lipinski definition) is 2. The van der Waals surface area contributed by atoms with Crippen LogP contribution in [-0.4, -0.2) is 58.0 Å². The van der Waals surface area contributed by atoms with Crippen LogP contribution < -0.4 is 21.2 Å². The third kappa shape index (κ3) is 5.71. The molecule has 2 N–H and O–H groups in total. The highest BCUT2D eigenvalue weighted by Gasteiger charge is 2.25. The van der Waals surface area contributed by atoms with Gasteiger partial charge in [0.25, 0.3) is 0 Å². The predicted molar refractivity (Wildman–Crippen MR) is 134 cm³/mol. The maximum atomic E-state index is 12.4. The van der Waals surface area contributed by atoms with E-state index in [1.54, 1.807) is 17.9 Å². The Morgan fingerprint density at radius 3 is 3.00 bits per heavy atom. The van der Waals surface area contributed by atoms with E-state index in [2.05, 4.69) is 30.6 Å². The monoisotopic (exact) mass is 560 g/mol. The molecule has 2 aromatic rings. The van der Waals surface area contributed by atoms with Crippen LogP contribution in [-0.2, 0) is 19.5 Å². The number of hydrogen-bond acceptors (Lipinski definition) is 5. The Morgan fingerprint density at radius 2 is 2.23 bits per heavy atom. The molecule has 0 saturated carbocycles. The molecule has 0 amide bonds. The summed E-state index contributed by atoms with van der Waals surface area (Å²) in [5.74, 6) is 2.53. The molecule has 0 bridgehead atoms. The standard InChI is InChI=1S/C20H29ClN8O.HI/c1-22-19(25-15-8-13-27(14-15)18-16(21)6-4-9-23-18)24-10-5-12-29-20(30)28-11-3-2-7-17(28)26-29;/h4,6,9,15H,2-3,5,7-8,10-14H2,1H3,(H2,22,24,25);1H. The molecule has 4 heterocycles. The largest absolute Gasteiger partial charge is 0.356 e. The zero-order chi connectivity index (χ0) is 20.9. The summed E-state index contributed by atoms with van der Waals surface area (Å²) in [5.41, 5.74) is 0.0198. The topological polar surface area (TPSA) is 92.4 Å². The van der Waals surface area contributed by atoms with Gasteiger partial charge in [0.15, 0.2) is 5.96 Å². The van der Waals surface area contributed by atoms with Crippen molar-refractivity contribution < 1.29 is 0 Å². The summed E-state index contributed by atoms with van der Waals surface area (Å²) in [7, 11) is 1.77. The number of aromatic nitrogens is 4. The third-order valence-electron chi connectivity index (χ3n) is 5.66. The predicted octanol–water partition coefficient (Wildman–Crippen LogP) is 1.88. The second-order valence-corrected chi connectivity index (χ2v) is 8.18. The smallest absolute Gasteiger partial charge is 0.345 e. The van der Waals surface area contributed by atoms with E-state index in [1.807, 2.05) is 16.7 Å². The van der Waals surface area contributed by atoms with Gasteiger partial charge in [0, 0.05) is 58.4 Å². The fourth-order valence-electron chi connectivity index (χ4n) is 4.10. The second-order valence-electron chi connectivity index (χ2n) is 7.77. The SMILES string of the molecule is CN=C(NCCCn1nc2n(c1=O)CCCC2)NC1CCN(c2ncccc2Cl)C1.I. The molecule has 2 aliphatic rings. The number of rotatable bonds is 6. The molecule has 4 rings (SSSR count). The lowest BCUT2D eigenvalue weighted by atomic mass is 10.2. The van der Waals surface area contributed by atoms with Crippen LogP contribution in [0.15, 0.2) is 28.1 Å². The van der Waals surface area contributed by atoms with Gasteiger partial charge in [-0.25, -0.2) is 14.5 Å². The van der Waals surface area contributed by atoms with Gasteiger partial charge in [-0.3, -0.25) is 9.56 Å². The summed E-state index contributed by atoms with van der Waals surface area (Å²) in [5, 5.41) is 12.0. The molecule has 1 fully saturated rings. The van der Waals surface area contributed by atoms with Gasteiger partial charge in [-0.15, -0.1) is 24.0 Å². The normalized spacial score (nSPS) is 18.5. The third-order valence-corrected chi connectivity index (χ3v) is 5.96. The molecule has 2 aromatic heterocycles. The maximum Gasteiger partial charge on any atom is 0.345 e. The summed E-state index contributed by atoms with van der Waals surface area (Å²) in [6.45, 7) is 3.85. The molecule has 31 heavy (non-hydrogen) atoms. The molecule has 0 radical (unpaired) electrons. The van der Waals surface area contributed by atoms with Crippen LogP contribution in [0.4, 0.5) is 5.82 Å². The minimum absolute atomic E-state index is 0. The number of nitrogens with one attached hydrogen (secondary N) is 2. The molecule has 170 valence electrons. The van der Waals surface area contributed by atoms with Gasteiger partial charge in [-0.05, 0) is 37.8 Å². The average Bonchev–Trinajstić information content (AvgIpc) is 3.35. The van der Waals surface area contributed by atoms with Gasteiger partial charge < -0.3 is 15.5 Å². The van der Waals surface area contributed by atoms with E-state index in [9.17, 15) is 4.79 Å². The van der Waals surface area contributed by atoms with Gasteiger partial charge in [0.1, 0.15) is 11.6 Å². The van der Waals surface area contributed by atoms with Crippen LogP contribution in [0.5, 0.6) is 0 Å². The lowest BCUT2D eigenvalue weighted by Gasteiger charge is -2.20. The van der Waals surface area contributed by atoms with Gasteiger partial charge in [-0.2, -0.15) is 5.10 Å². The fourth-order valence-corrected chi connectivity index (χ4v) is 4.34. The number of halogens is 2. The van der Waals surface area contributed by atoms with Crippen molar-refractivity contribution in [2.75, 3.05) is 31.6 Å². The lowest BCUT2D eigenvalue weighted by Crippen LogP contribution is -2.45. The Kier molecular flexibility index (Phi) is 8.58. The van der Waals surface area contributed by atoms with E-state index in [0.717, 1.165) is 75.9 Å². The van der Waals surface area contributed by atoms with E-state index >= 15 is 0 Å². The summed E-state index contributed by atoms with van der Waals surface area (Å²) in [4.78, 5) is 23.3. The van der Waals surface area contributed by atoms with Crippen molar-refractivity contribution in [1.82, 2.24) is 30.0 Å². The second kappa shape index (κ2) is 11.2. The summed E-state index contributed by atoms with van der Waals surface area (Å²) in [6.07, 6.45) is 6.64. The first-order chi connectivity index (χ1) is 14.7. The number of aryl methyl sites for hydroxylation is 2. The first-order valence-corrected chi connectivity index (χ1v) is 11.0. The van der Waals surface area contributed by atoms with Crippen molar-refractivity contribution in [3.8, 4) is 0 Å². The number of aliphatic imine (C=N–C) groups is 1. The highest BCUT2D eigenvalue weighted by atomic mass is 127. The van der Waals surface area contributed by atoms with Crippen LogP contribution in [0, 0.1) is 0 Å². The van der Waals surface area contributed by atoms with Crippen molar-refractivity contribution in [3.05, 3.63) is 39.7 Å². The number of fused-ring (bicyclic) bond motifs is 1. The van der Waals surface area contributed by atoms with Gasteiger partial charge >= 0.3 is 5.69 Å². The average molecular weight is 561 g/mol. The van der Waals surface area contributed by atoms with Crippen molar-refractivity contribution >= 4 is 47.4 Å². The zero-order valence-corrected chi connectivity index (χ0v) is 20.8. The molecule has 0 spiro atoms. The molecule has 1 atom stereocenters. The summed E-state index contributed by atoms with van der Waals surface area (Å²) < 4.78 is 3.42. The molecule has 2 aliphatic heterocycles. The Balaban J connectivity index is 0.00000272. The number of nitrogens with zero attached hydrogens (tertiary/aromatic N) is 6. The molecule has 1 saturated heterocycles. The van der Waals surface area contributed by atoms with Crippen LogP contribution in [0.1, 0.15) is 31.5 Å². The van der Waals surface area contributed by atoms with E-state index in [1.165, 1.54) is 0 Å². The molecular weight excluding hydrogens is 531 g/mol. The number of anilines is 1. The molecule has 0 aliphatic carbocycles. The summed E-state index contributed by atoms with van der Waals surface area (Å²) in [6, 6.07) is 3.99. The van der Waals surface area contributed by atoms with E-state index in [0.29, 0.717) is 11.6 Å². The number of pyridine rings is 1. The van der Waals surface area contributed by atoms with Crippen molar-refractivity contribution in [1.29, 1.82) is 0 Å². The quantitative estimate of drug-likeness (QED) is 0.243. The Morgan fingerprint density at radius 1 is 1.35 bits per heavy atom. The maximum absolute atomic E-state index is 12.4. The highest BCUT2D eigenvalue weighted by Crippen LogP contribution is 2.25. The van der Waals surface area contributed by atoms with Gasteiger partial charge in [0.2, 0.25) is 0 Å². The Labute approximate surface area is 204 Å². The first-order valence-electron chi connectivity index (χ1n) is 10.6. The molecule has 9 nitrogen and oxygen atoms in total. The molecule has 11 heteroatoms. The molecule has 0 aromatic carbocycles. The Bertz CT molecular complexity index is 959. The van der Waals surface area contributed by atoms with Crippen LogP contribution >= 0.6 is 35.6 Å². The minimum atomic E-state index is 0. The minimum Gasteiger partial charge on any atom is -0.356 e. The van der Waals surface area contributed by atoms with E-state index in [4.69, 9.17) is 11.6 Å². The van der Waals surface area contributed by atoms with E-state index < -0.39 is 0 Å². The molecule has 1 unspecified atom stereocenters. The van der Waals surface area contributed by atoms with Gasteiger partial charge in [-0.1, -0.05) is 11.6 Å². The van der Waals surface area contributed by atoms with E-state index in [-0.39, 0.29) is 35.7 Å². The first kappa shape index (κ1) is 23.8. The lowest BCUT2D eigenvalue weighted by molar-refractivity contribution is 0.509. The zero-order valence-electron chi connectivity index (χ0n) is 17.8. The van der Waals surface area contributed by atoms with Crippen molar-refractivity contribution in [2.24, 2.45) is 4.99 Å². The number of guanidine groups is 1. The molecular formula is C20H30ClIN8O. The highest BCUT2D eigenvalue weighted by molar-refractivity contribution is 14.0. The fraction of sp³-hybridized carbons (Fsp3) is 0.600.